The predicted octanol–water partition coefficient (Wildman–Crippen LogP) is 4.77. The summed E-state index contributed by atoms with van der Waals surface area (Å²) in [4.78, 5) is 23.9. The van der Waals surface area contributed by atoms with E-state index in [1.165, 1.54) is 6.21 Å². The molecule has 3 rings (SSSR count). The molecule has 2 amide bonds. The van der Waals surface area contributed by atoms with Crippen molar-refractivity contribution >= 4 is 51.2 Å². The van der Waals surface area contributed by atoms with Crippen LogP contribution in [0.4, 0.5) is 5.69 Å². The van der Waals surface area contributed by atoms with E-state index in [0.717, 1.165) is 10.0 Å². The normalized spacial score (nSPS) is 10.6. The maximum absolute atomic E-state index is 12.0. The number of carbonyl (C=O) groups is 2. The van der Waals surface area contributed by atoms with Crippen molar-refractivity contribution < 1.29 is 14.3 Å². The molecule has 0 atom stereocenters. The molecule has 0 unspecified atom stereocenters. The molecule has 0 aromatic heterocycles. The monoisotopic (exact) mass is 485 g/mol. The van der Waals surface area contributed by atoms with Crippen molar-refractivity contribution in [2.75, 3.05) is 5.32 Å². The van der Waals surface area contributed by atoms with E-state index in [0.29, 0.717) is 28.6 Å². The lowest BCUT2D eigenvalue weighted by molar-refractivity contribution is -0.136. The Bertz CT molecular complexity index is 1060. The van der Waals surface area contributed by atoms with Gasteiger partial charge in [0.1, 0.15) is 12.4 Å². The lowest BCUT2D eigenvalue weighted by atomic mass is 10.2. The van der Waals surface area contributed by atoms with E-state index in [1.54, 1.807) is 36.4 Å². The Morgan fingerprint density at radius 3 is 2.47 bits per heavy atom. The standard InChI is InChI=1S/C22H17BrClN3O3/c23-17-6-11-20(30-14-15-4-2-1-3-5-15)16(12-17)13-25-27-22(29)21(28)26-19-9-7-18(24)8-10-19/h1-13H,14H2,(H,26,28)(H,27,29)/b25-13+. The molecular weight excluding hydrogens is 470 g/mol. The fraction of sp³-hybridized carbons (Fsp3) is 0.0455. The van der Waals surface area contributed by atoms with Gasteiger partial charge in [-0.2, -0.15) is 5.10 Å². The number of nitrogens with zero attached hydrogens (tertiary/aromatic N) is 1. The molecule has 152 valence electrons. The number of ether oxygens (including phenoxy) is 1. The third-order valence-corrected chi connectivity index (χ3v) is 4.63. The van der Waals surface area contributed by atoms with Gasteiger partial charge < -0.3 is 10.1 Å². The molecule has 0 saturated carbocycles. The highest BCUT2D eigenvalue weighted by Crippen LogP contribution is 2.23. The van der Waals surface area contributed by atoms with Crippen LogP contribution in [0.15, 0.2) is 82.4 Å². The minimum Gasteiger partial charge on any atom is -0.488 e. The van der Waals surface area contributed by atoms with E-state index in [2.05, 4.69) is 31.8 Å². The van der Waals surface area contributed by atoms with Gasteiger partial charge in [0.2, 0.25) is 0 Å². The average Bonchev–Trinajstić information content (AvgIpc) is 2.75. The molecule has 3 aromatic rings. The molecule has 30 heavy (non-hydrogen) atoms. The highest BCUT2D eigenvalue weighted by atomic mass is 79.9. The van der Waals surface area contributed by atoms with E-state index >= 15 is 0 Å². The number of carbonyl (C=O) groups excluding carboxylic acids is 2. The number of anilines is 1. The van der Waals surface area contributed by atoms with Crippen LogP contribution in [0, 0.1) is 0 Å². The number of halogens is 2. The number of benzene rings is 3. The first-order valence-electron chi connectivity index (χ1n) is 8.87. The van der Waals surface area contributed by atoms with Crippen molar-refractivity contribution in [3.63, 3.8) is 0 Å². The third-order valence-electron chi connectivity index (χ3n) is 3.89. The first-order valence-corrected chi connectivity index (χ1v) is 10.0. The van der Waals surface area contributed by atoms with Crippen LogP contribution < -0.4 is 15.5 Å². The topological polar surface area (TPSA) is 79.8 Å². The second kappa shape index (κ2) is 10.6. The second-order valence-corrected chi connectivity index (χ2v) is 7.47. The SMILES string of the molecule is O=C(N/N=C/c1cc(Br)ccc1OCc1ccccc1)C(=O)Nc1ccc(Cl)cc1. The summed E-state index contributed by atoms with van der Waals surface area (Å²) in [5, 5.41) is 6.86. The summed E-state index contributed by atoms with van der Waals surface area (Å²) < 4.78 is 6.68. The Labute approximate surface area is 187 Å². The summed E-state index contributed by atoms with van der Waals surface area (Å²) in [6.45, 7) is 0.388. The number of nitrogens with one attached hydrogen (secondary N) is 2. The first kappa shape index (κ1) is 21.5. The van der Waals surface area contributed by atoms with Crippen LogP contribution in [0.1, 0.15) is 11.1 Å². The zero-order valence-electron chi connectivity index (χ0n) is 15.6. The van der Waals surface area contributed by atoms with Crippen molar-refractivity contribution in [1.82, 2.24) is 5.43 Å². The van der Waals surface area contributed by atoms with Gasteiger partial charge >= 0.3 is 11.8 Å². The Morgan fingerprint density at radius 2 is 1.73 bits per heavy atom. The van der Waals surface area contributed by atoms with Gasteiger partial charge in [-0.15, -0.1) is 0 Å². The summed E-state index contributed by atoms with van der Waals surface area (Å²) in [5.41, 5.74) is 4.32. The zero-order chi connectivity index (χ0) is 21.3. The summed E-state index contributed by atoms with van der Waals surface area (Å²) in [5.74, 6) is -1.15. The van der Waals surface area contributed by atoms with E-state index in [9.17, 15) is 9.59 Å². The van der Waals surface area contributed by atoms with Crippen LogP contribution >= 0.6 is 27.5 Å². The third kappa shape index (κ3) is 6.43. The van der Waals surface area contributed by atoms with E-state index in [-0.39, 0.29) is 0 Å². The van der Waals surface area contributed by atoms with Crippen LogP contribution in [-0.2, 0) is 16.2 Å². The fourth-order valence-electron chi connectivity index (χ4n) is 2.42. The Balaban J connectivity index is 1.60. The van der Waals surface area contributed by atoms with Crippen molar-refractivity contribution in [2.45, 2.75) is 6.61 Å². The molecule has 8 heteroatoms. The Morgan fingerprint density at radius 1 is 1.00 bits per heavy atom. The highest BCUT2D eigenvalue weighted by molar-refractivity contribution is 9.10. The largest absolute Gasteiger partial charge is 0.488 e. The molecule has 6 nitrogen and oxygen atoms in total. The molecule has 0 aliphatic rings. The Hall–Kier alpha value is -3.16. The predicted molar refractivity (Wildman–Crippen MR) is 121 cm³/mol. The van der Waals surface area contributed by atoms with Gasteiger partial charge in [0.05, 0.1) is 6.21 Å². The average molecular weight is 487 g/mol. The molecule has 0 bridgehead atoms. The van der Waals surface area contributed by atoms with Crippen molar-refractivity contribution in [2.24, 2.45) is 5.10 Å². The van der Waals surface area contributed by atoms with Gasteiger partial charge in [0, 0.05) is 20.7 Å². The molecular formula is C22H17BrClN3O3. The van der Waals surface area contributed by atoms with Crippen molar-refractivity contribution in [1.29, 1.82) is 0 Å². The highest BCUT2D eigenvalue weighted by Gasteiger charge is 2.13. The molecule has 3 aromatic carbocycles. The maximum Gasteiger partial charge on any atom is 0.329 e. The van der Waals surface area contributed by atoms with Crippen LogP contribution in [-0.4, -0.2) is 18.0 Å². The van der Waals surface area contributed by atoms with Crippen molar-refractivity contribution in [3.8, 4) is 5.75 Å². The molecule has 0 spiro atoms. The lowest BCUT2D eigenvalue weighted by Gasteiger charge is -2.09. The number of rotatable bonds is 6. The number of amides is 2. The van der Waals surface area contributed by atoms with Crippen LogP contribution in [0.3, 0.4) is 0 Å². The minimum absolute atomic E-state index is 0.388. The maximum atomic E-state index is 12.0. The number of hydrazone groups is 1. The van der Waals surface area contributed by atoms with Gasteiger partial charge in [0.15, 0.2) is 0 Å². The molecule has 2 N–H and O–H groups in total. The minimum atomic E-state index is -0.900. The molecule has 0 saturated heterocycles. The molecule has 0 fully saturated rings. The summed E-state index contributed by atoms with van der Waals surface area (Å²) in [7, 11) is 0. The van der Waals surface area contributed by atoms with Gasteiger partial charge in [-0.05, 0) is 48.0 Å². The van der Waals surface area contributed by atoms with E-state index in [1.807, 2.05) is 36.4 Å². The van der Waals surface area contributed by atoms with E-state index < -0.39 is 11.8 Å². The number of hydrogen-bond donors (Lipinski definition) is 2. The van der Waals surface area contributed by atoms with Crippen molar-refractivity contribution in [3.05, 3.63) is 93.4 Å². The fourth-order valence-corrected chi connectivity index (χ4v) is 2.92. The van der Waals surface area contributed by atoms with Crippen LogP contribution in [0.25, 0.3) is 0 Å². The Kier molecular flexibility index (Phi) is 7.59. The summed E-state index contributed by atoms with van der Waals surface area (Å²) in [6.07, 6.45) is 1.42. The molecule has 0 radical (unpaired) electrons. The van der Waals surface area contributed by atoms with E-state index in [4.69, 9.17) is 16.3 Å². The van der Waals surface area contributed by atoms with Gasteiger partial charge in [-0.3, -0.25) is 9.59 Å². The van der Waals surface area contributed by atoms with Crippen LogP contribution in [0.2, 0.25) is 5.02 Å². The first-order chi connectivity index (χ1) is 14.5. The lowest BCUT2D eigenvalue weighted by Crippen LogP contribution is -2.32. The molecule has 0 aliphatic heterocycles. The van der Waals surface area contributed by atoms with Gasteiger partial charge in [-0.25, -0.2) is 5.43 Å². The summed E-state index contributed by atoms with van der Waals surface area (Å²) in [6, 6.07) is 21.6. The van der Waals surface area contributed by atoms with Gasteiger partial charge in [0.25, 0.3) is 0 Å². The van der Waals surface area contributed by atoms with Gasteiger partial charge in [-0.1, -0.05) is 57.9 Å². The number of hydrogen-bond acceptors (Lipinski definition) is 4. The summed E-state index contributed by atoms with van der Waals surface area (Å²) >= 11 is 9.19. The second-order valence-electron chi connectivity index (χ2n) is 6.12. The smallest absolute Gasteiger partial charge is 0.329 e. The zero-order valence-corrected chi connectivity index (χ0v) is 18.0. The molecule has 0 aliphatic carbocycles. The quantitative estimate of drug-likeness (QED) is 0.299. The molecule has 0 heterocycles. The van der Waals surface area contributed by atoms with Crippen LogP contribution in [0.5, 0.6) is 5.75 Å².